The Bertz CT molecular complexity index is 119. The van der Waals surface area contributed by atoms with Crippen LogP contribution in [0.3, 0.4) is 0 Å². The fraction of sp³-hybridized carbons (Fsp3) is 1.00. The third kappa shape index (κ3) is 5.55. The highest BCUT2D eigenvalue weighted by Crippen LogP contribution is 2.08. The summed E-state index contributed by atoms with van der Waals surface area (Å²) in [7, 11) is 4.23. The number of thioether (sulfide) groups is 1. The Hall–Kier alpha value is 0.270. The average molecular weight is 204 g/mol. The third-order valence-corrected chi connectivity index (χ3v) is 3.28. The molecule has 3 heteroatoms. The van der Waals surface area contributed by atoms with Gasteiger partial charge in [-0.1, -0.05) is 6.92 Å². The lowest BCUT2D eigenvalue weighted by molar-refractivity contribution is 0.208. The second-order valence-corrected chi connectivity index (χ2v) is 4.73. The Morgan fingerprint density at radius 2 is 2.00 bits per heavy atom. The monoisotopic (exact) mass is 204 g/mol. The molecule has 0 rings (SSSR count). The van der Waals surface area contributed by atoms with Crippen LogP contribution in [0.4, 0.5) is 0 Å². The maximum absolute atomic E-state index is 3.23. The van der Waals surface area contributed by atoms with Gasteiger partial charge in [-0.3, -0.25) is 0 Å². The normalized spacial score (nSPS) is 16.2. The first-order valence-corrected chi connectivity index (χ1v) is 6.36. The number of rotatable bonds is 7. The summed E-state index contributed by atoms with van der Waals surface area (Å²) in [6, 6.07) is 0.666. The third-order valence-electron chi connectivity index (χ3n) is 2.69. The van der Waals surface area contributed by atoms with Gasteiger partial charge in [0.25, 0.3) is 0 Å². The molecule has 0 amide bonds. The van der Waals surface area contributed by atoms with E-state index in [4.69, 9.17) is 0 Å². The molecule has 0 aromatic rings. The van der Waals surface area contributed by atoms with Crippen LogP contribution in [0.15, 0.2) is 0 Å². The smallest absolute Gasteiger partial charge is 0.0102 e. The lowest BCUT2D eigenvalue weighted by atomic mass is 10.0. The molecule has 0 heterocycles. The quantitative estimate of drug-likeness (QED) is 0.677. The molecule has 0 aromatic heterocycles. The topological polar surface area (TPSA) is 15.3 Å². The molecule has 0 aromatic carbocycles. The Balaban J connectivity index is 3.71. The van der Waals surface area contributed by atoms with Crippen LogP contribution >= 0.6 is 11.8 Å². The summed E-state index contributed by atoms with van der Waals surface area (Å²) >= 11 is 1.92. The molecule has 0 aliphatic heterocycles. The molecule has 0 aliphatic rings. The highest BCUT2D eigenvalue weighted by molar-refractivity contribution is 7.98. The minimum atomic E-state index is 0.666. The second-order valence-electron chi connectivity index (χ2n) is 3.75. The summed E-state index contributed by atoms with van der Waals surface area (Å²) in [6.45, 7) is 6.90. The maximum Gasteiger partial charge on any atom is 0.0102 e. The van der Waals surface area contributed by atoms with E-state index in [-0.39, 0.29) is 0 Å². The van der Waals surface area contributed by atoms with Gasteiger partial charge in [-0.15, -0.1) is 0 Å². The number of nitrogens with zero attached hydrogens (tertiary/aromatic N) is 1. The van der Waals surface area contributed by atoms with E-state index in [0.29, 0.717) is 6.04 Å². The van der Waals surface area contributed by atoms with Gasteiger partial charge in [-0.25, -0.2) is 0 Å². The molecule has 0 saturated carbocycles. The minimum Gasteiger partial charge on any atom is -0.319 e. The Kier molecular flexibility index (Phi) is 7.81. The predicted octanol–water partition coefficient (Wildman–Crippen LogP) is 1.53. The van der Waals surface area contributed by atoms with Crippen LogP contribution in [0, 0.1) is 5.92 Å². The molecule has 13 heavy (non-hydrogen) atoms. The van der Waals surface area contributed by atoms with E-state index in [9.17, 15) is 0 Å². The SMILES string of the molecule is CNCC(C)C(C)N(C)CCSC. The zero-order chi connectivity index (χ0) is 10.3. The molecular formula is C10H24N2S. The summed E-state index contributed by atoms with van der Waals surface area (Å²) < 4.78 is 0. The molecular weight excluding hydrogens is 180 g/mol. The Morgan fingerprint density at radius 1 is 1.38 bits per heavy atom. The van der Waals surface area contributed by atoms with Crippen LogP contribution in [0.25, 0.3) is 0 Å². The van der Waals surface area contributed by atoms with Gasteiger partial charge in [-0.05, 0) is 39.7 Å². The maximum atomic E-state index is 3.23. The largest absolute Gasteiger partial charge is 0.319 e. The van der Waals surface area contributed by atoms with Gasteiger partial charge in [0.05, 0.1) is 0 Å². The highest BCUT2D eigenvalue weighted by atomic mass is 32.2. The van der Waals surface area contributed by atoms with Gasteiger partial charge in [-0.2, -0.15) is 11.8 Å². The van der Waals surface area contributed by atoms with E-state index in [1.54, 1.807) is 0 Å². The molecule has 2 nitrogen and oxygen atoms in total. The average Bonchev–Trinajstić information content (AvgIpc) is 2.13. The van der Waals surface area contributed by atoms with Gasteiger partial charge in [0.15, 0.2) is 0 Å². The summed E-state index contributed by atoms with van der Waals surface area (Å²) in [5.41, 5.74) is 0. The second kappa shape index (κ2) is 7.65. The van der Waals surface area contributed by atoms with Crippen LogP contribution in [-0.2, 0) is 0 Å². The van der Waals surface area contributed by atoms with E-state index >= 15 is 0 Å². The van der Waals surface area contributed by atoms with E-state index < -0.39 is 0 Å². The van der Waals surface area contributed by atoms with Crippen molar-refractivity contribution in [2.24, 2.45) is 5.92 Å². The zero-order valence-electron chi connectivity index (χ0n) is 9.63. The number of hydrogen-bond donors (Lipinski definition) is 1. The van der Waals surface area contributed by atoms with Crippen LogP contribution < -0.4 is 5.32 Å². The molecule has 0 saturated heterocycles. The van der Waals surface area contributed by atoms with Crippen molar-refractivity contribution in [3.63, 3.8) is 0 Å². The lowest BCUT2D eigenvalue weighted by Gasteiger charge is -2.29. The first-order valence-electron chi connectivity index (χ1n) is 4.97. The minimum absolute atomic E-state index is 0.666. The molecule has 1 N–H and O–H groups in total. The van der Waals surface area contributed by atoms with Crippen LogP contribution in [0.2, 0.25) is 0 Å². The molecule has 2 unspecified atom stereocenters. The molecule has 80 valence electrons. The summed E-state index contributed by atoms with van der Waals surface area (Å²) in [6.07, 6.45) is 2.16. The lowest BCUT2D eigenvalue weighted by Crippen LogP contribution is -2.39. The van der Waals surface area contributed by atoms with Crippen molar-refractivity contribution in [1.29, 1.82) is 0 Å². The standard InChI is InChI=1S/C10H24N2S/c1-9(8-11-3)10(2)12(4)6-7-13-5/h9-11H,6-8H2,1-5H3. The fourth-order valence-electron chi connectivity index (χ4n) is 1.37. The van der Waals surface area contributed by atoms with Gasteiger partial charge in [0.1, 0.15) is 0 Å². The predicted molar refractivity (Wildman–Crippen MR) is 63.6 cm³/mol. The van der Waals surface area contributed by atoms with E-state index in [1.165, 1.54) is 12.3 Å². The first-order chi connectivity index (χ1) is 6.13. The van der Waals surface area contributed by atoms with Crippen molar-refractivity contribution in [1.82, 2.24) is 10.2 Å². The van der Waals surface area contributed by atoms with Crippen molar-refractivity contribution in [2.75, 3.05) is 39.2 Å². The van der Waals surface area contributed by atoms with E-state index in [1.807, 2.05) is 18.8 Å². The van der Waals surface area contributed by atoms with Crippen molar-refractivity contribution in [2.45, 2.75) is 19.9 Å². The van der Waals surface area contributed by atoms with Gasteiger partial charge in [0.2, 0.25) is 0 Å². The van der Waals surface area contributed by atoms with Gasteiger partial charge in [0, 0.05) is 18.3 Å². The van der Waals surface area contributed by atoms with Crippen LogP contribution in [0.1, 0.15) is 13.8 Å². The fourth-order valence-corrected chi connectivity index (χ4v) is 1.84. The summed E-state index contributed by atoms with van der Waals surface area (Å²) in [5, 5.41) is 3.23. The molecule has 0 aliphatic carbocycles. The summed E-state index contributed by atoms with van der Waals surface area (Å²) in [4.78, 5) is 2.44. The van der Waals surface area contributed by atoms with Crippen LogP contribution in [-0.4, -0.2) is 50.1 Å². The first kappa shape index (κ1) is 13.3. The van der Waals surface area contributed by atoms with E-state index in [0.717, 1.165) is 12.5 Å². The molecule has 0 bridgehead atoms. The summed E-state index contributed by atoms with van der Waals surface area (Å²) in [5.74, 6) is 1.95. The molecule has 0 spiro atoms. The van der Waals surface area contributed by atoms with Gasteiger partial charge >= 0.3 is 0 Å². The zero-order valence-corrected chi connectivity index (χ0v) is 10.4. The Morgan fingerprint density at radius 3 is 2.46 bits per heavy atom. The molecule has 0 radical (unpaired) electrons. The Labute approximate surface area is 87.5 Å². The van der Waals surface area contributed by atoms with Gasteiger partial charge < -0.3 is 10.2 Å². The van der Waals surface area contributed by atoms with Crippen LogP contribution in [0.5, 0.6) is 0 Å². The van der Waals surface area contributed by atoms with Crippen molar-refractivity contribution in [3.05, 3.63) is 0 Å². The highest BCUT2D eigenvalue weighted by Gasteiger charge is 2.15. The van der Waals surface area contributed by atoms with Crippen molar-refractivity contribution in [3.8, 4) is 0 Å². The molecule has 0 fully saturated rings. The van der Waals surface area contributed by atoms with E-state index in [2.05, 4.69) is 37.4 Å². The van der Waals surface area contributed by atoms with Crippen molar-refractivity contribution < 1.29 is 0 Å². The molecule has 2 atom stereocenters. The number of hydrogen-bond acceptors (Lipinski definition) is 3. The van der Waals surface area contributed by atoms with Crippen molar-refractivity contribution >= 4 is 11.8 Å². The number of nitrogens with one attached hydrogen (secondary N) is 1.